The van der Waals surface area contributed by atoms with Crippen LogP contribution in [0, 0.1) is 0 Å². The van der Waals surface area contributed by atoms with Crippen molar-refractivity contribution in [3.63, 3.8) is 0 Å². The second kappa shape index (κ2) is 9.11. The average molecular weight is 363 g/mol. The molecule has 2 aromatic carbocycles. The fourth-order valence-electron chi connectivity index (χ4n) is 2.06. The van der Waals surface area contributed by atoms with E-state index in [4.69, 9.17) is 32.7 Å². The summed E-state index contributed by atoms with van der Waals surface area (Å²) in [6.07, 6.45) is 0. The lowest BCUT2D eigenvalue weighted by atomic mass is 10.1. The molecular formula is C16H18Cl3NO2. The highest BCUT2D eigenvalue weighted by Crippen LogP contribution is 2.32. The summed E-state index contributed by atoms with van der Waals surface area (Å²) in [6.45, 7) is 1.35. The van der Waals surface area contributed by atoms with Gasteiger partial charge < -0.3 is 14.8 Å². The van der Waals surface area contributed by atoms with Crippen molar-refractivity contribution < 1.29 is 9.47 Å². The van der Waals surface area contributed by atoms with E-state index in [9.17, 15) is 0 Å². The fourth-order valence-corrected chi connectivity index (χ4v) is 2.67. The van der Waals surface area contributed by atoms with Crippen molar-refractivity contribution in [3.05, 3.63) is 57.6 Å². The summed E-state index contributed by atoms with van der Waals surface area (Å²) >= 11 is 12.1. The predicted molar refractivity (Wildman–Crippen MR) is 93.8 cm³/mol. The molecule has 0 heterocycles. The summed E-state index contributed by atoms with van der Waals surface area (Å²) < 4.78 is 10.5. The summed E-state index contributed by atoms with van der Waals surface area (Å²) in [4.78, 5) is 0. The van der Waals surface area contributed by atoms with Crippen LogP contribution < -0.4 is 14.8 Å². The van der Waals surface area contributed by atoms with Gasteiger partial charge in [-0.2, -0.15) is 0 Å². The second-order valence-corrected chi connectivity index (χ2v) is 5.38. The minimum absolute atomic E-state index is 0. The standard InChI is InChI=1S/C16H17Cl2NO2.ClH/c1-20-14-5-3-11(4-6-14)9-19-10-12-7-13(17)8-15(18)16(12)21-2;/h3-8,19H,9-10H2,1-2H3;1H. The van der Waals surface area contributed by atoms with E-state index in [0.717, 1.165) is 17.9 Å². The molecule has 0 atom stereocenters. The molecule has 22 heavy (non-hydrogen) atoms. The highest BCUT2D eigenvalue weighted by atomic mass is 35.5. The molecule has 0 saturated heterocycles. The van der Waals surface area contributed by atoms with E-state index in [-0.39, 0.29) is 12.4 Å². The molecule has 2 rings (SSSR count). The lowest BCUT2D eigenvalue weighted by molar-refractivity contribution is 0.408. The Kier molecular flexibility index (Phi) is 7.83. The molecule has 0 aliphatic carbocycles. The van der Waals surface area contributed by atoms with Crippen molar-refractivity contribution in [2.75, 3.05) is 14.2 Å². The number of benzene rings is 2. The van der Waals surface area contributed by atoms with E-state index in [1.54, 1.807) is 20.3 Å². The minimum atomic E-state index is 0. The number of methoxy groups -OCH3 is 2. The maximum absolute atomic E-state index is 6.11. The van der Waals surface area contributed by atoms with E-state index >= 15 is 0 Å². The molecule has 2 aromatic rings. The van der Waals surface area contributed by atoms with Gasteiger partial charge in [0.2, 0.25) is 0 Å². The Bertz CT molecular complexity index is 603. The Balaban J connectivity index is 0.00000242. The second-order valence-electron chi connectivity index (χ2n) is 4.53. The van der Waals surface area contributed by atoms with Gasteiger partial charge in [-0.15, -0.1) is 12.4 Å². The van der Waals surface area contributed by atoms with Crippen LogP contribution in [0.4, 0.5) is 0 Å². The molecule has 0 fully saturated rings. The van der Waals surface area contributed by atoms with E-state index < -0.39 is 0 Å². The molecule has 0 amide bonds. The van der Waals surface area contributed by atoms with Crippen LogP contribution >= 0.6 is 35.6 Å². The molecule has 0 spiro atoms. The number of hydrogen-bond acceptors (Lipinski definition) is 3. The van der Waals surface area contributed by atoms with Crippen LogP contribution in [-0.4, -0.2) is 14.2 Å². The Morgan fingerprint density at radius 2 is 1.64 bits per heavy atom. The summed E-state index contributed by atoms with van der Waals surface area (Å²) in [5.74, 6) is 1.50. The van der Waals surface area contributed by atoms with Crippen molar-refractivity contribution >= 4 is 35.6 Å². The Morgan fingerprint density at radius 1 is 0.955 bits per heavy atom. The molecule has 6 heteroatoms. The molecule has 0 saturated carbocycles. The smallest absolute Gasteiger partial charge is 0.142 e. The van der Waals surface area contributed by atoms with Crippen LogP contribution in [0.25, 0.3) is 0 Å². The summed E-state index contributed by atoms with van der Waals surface area (Å²) in [7, 11) is 3.25. The van der Waals surface area contributed by atoms with Gasteiger partial charge in [-0.1, -0.05) is 35.3 Å². The third kappa shape index (κ3) is 4.96. The maximum atomic E-state index is 6.11. The highest BCUT2D eigenvalue weighted by molar-refractivity contribution is 6.35. The Labute approximate surface area is 146 Å². The summed E-state index contributed by atoms with van der Waals surface area (Å²) in [5.41, 5.74) is 2.10. The van der Waals surface area contributed by atoms with Crippen LogP contribution in [0.15, 0.2) is 36.4 Å². The molecule has 120 valence electrons. The largest absolute Gasteiger partial charge is 0.497 e. The molecule has 0 bridgehead atoms. The maximum Gasteiger partial charge on any atom is 0.142 e. The lowest BCUT2D eigenvalue weighted by Gasteiger charge is -2.12. The van der Waals surface area contributed by atoms with Gasteiger partial charge in [0.1, 0.15) is 11.5 Å². The van der Waals surface area contributed by atoms with Crippen molar-refractivity contribution in [1.29, 1.82) is 0 Å². The SMILES string of the molecule is COc1ccc(CNCc2cc(Cl)cc(Cl)c2OC)cc1.Cl. The number of hydrogen-bond donors (Lipinski definition) is 1. The molecule has 0 unspecified atom stereocenters. The Hall–Kier alpha value is -1.13. The first-order valence-electron chi connectivity index (χ1n) is 6.49. The third-order valence-corrected chi connectivity index (χ3v) is 3.59. The molecule has 1 N–H and O–H groups in total. The van der Waals surface area contributed by atoms with E-state index in [0.29, 0.717) is 22.3 Å². The van der Waals surface area contributed by atoms with E-state index in [1.807, 2.05) is 30.3 Å². The van der Waals surface area contributed by atoms with E-state index in [2.05, 4.69) is 5.32 Å². The first-order chi connectivity index (χ1) is 10.1. The Morgan fingerprint density at radius 3 is 2.23 bits per heavy atom. The fraction of sp³-hybridized carbons (Fsp3) is 0.250. The van der Waals surface area contributed by atoms with Crippen LogP contribution in [-0.2, 0) is 13.1 Å². The zero-order valence-corrected chi connectivity index (χ0v) is 14.7. The van der Waals surface area contributed by atoms with Gasteiger partial charge in [0, 0.05) is 23.7 Å². The van der Waals surface area contributed by atoms with Crippen molar-refractivity contribution in [1.82, 2.24) is 5.32 Å². The number of rotatable bonds is 6. The van der Waals surface area contributed by atoms with Crippen molar-refractivity contribution in [2.45, 2.75) is 13.1 Å². The van der Waals surface area contributed by atoms with Gasteiger partial charge >= 0.3 is 0 Å². The lowest BCUT2D eigenvalue weighted by Crippen LogP contribution is -2.13. The van der Waals surface area contributed by atoms with Crippen LogP contribution in [0.3, 0.4) is 0 Å². The van der Waals surface area contributed by atoms with Crippen LogP contribution in [0.2, 0.25) is 10.0 Å². The van der Waals surface area contributed by atoms with Crippen LogP contribution in [0.5, 0.6) is 11.5 Å². The van der Waals surface area contributed by atoms with Gasteiger partial charge in [-0.05, 0) is 29.8 Å². The molecule has 0 radical (unpaired) electrons. The molecule has 0 aromatic heterocycles. The monoisotopic (exact) mass is 361 g/mol. The first kappa shape index (κ1) is 18.9. The predicted octanol–water partition coefficient (Wildman–Crippen LogP) is 4.72. The zero-order valence-electron chi connectivity index (χ0n) is 12.4. The molecular weight excluding hydrogens is 345 g/mol. The van der Waals surface area contributed by atoms with Gasteiger partial charge in [-0.25, -0.2) is 0 Å². The van der Waals surface area contributed by atoms with Gasteiger partial charge in [0.25, 0.3) is 0 Å². The molecule has 3 nitrogen and oxygen atoms in total. The highest BCUT2D eigenvalue weighted by Gasteiger charge is 2.09. The molecule has 0 aliphatic heterocycles. The number of nitrogens with one attached hydrogen (secondary N) is 1. The normalized spacial score (nSPS) is 10.0. The van der Waals surface area contributed by atoms with Gasteiger partial charge in [0.05, 0.1) is 19.2 Å². The third-order valence-electron chi connectivity index (χ3n) is 3.09. The minimum Gasteiger partial charge on any atom is -0.497 e. The quantitative estimate of drug-likeness (QED) is 0.806. The van der Waals surface area contributed by atoms with Crippen molar-refractivity contribution in [3.8, 4) is 11.5 Å². The number of halogens is 3. The van der Waals surface area contributed by atoms with Crippen molar-refractivity contribution in [2.24, 2.45) is 0 Å². The zero-order chi connectivity index (χ0) is 15.2. The number of ether oxygens (including phenoxy) is 2. The van der Waals surface area contributed by atoms with E-state index in [1.165, 1.54) is 5.56 Å². The van der Waals surface area contributed by atoms with Crippen LogP contribution in [0.1, 0.15) is 11.1 Å². The average Bonchev–Trinajstić information content (AvgIpc) is 2.47. The summed E-state index contributed by atoms with van der Waals surface area (Å²) in [6, 6.07) is 11.5. The van der Waals surface area contributed by atoms with Gasteiger partial charge in [0.15, 0.2) is 0 Å². The molecule has 0 aliphatic rings. The topological polar surface area (TPSA) is 30.5 Å². The first-order valence-corrected chi connectivity index (χ1v) is 7.25. The summed E-state index contributed by atoms with van der Waals surface area (Å²) in [5, 5.41) is 4.47. The van der Waals surface area contributed by atoms with Gasteiger partial charge in [-0.3, -0.25) is 0 Å².